The van der Waals surface area contributed by atoms with Gasteiger partial charge >= 0.3 is 0 Å². The highest BCUT2D eigenvalue weighted by atomic mass is 32.1. The number of imidazole rings is 1. The molecule has 0 saturated carbocycles. The van der Waals surface area contributed by atoms with Gasteiger partial charge in [0.25, 0.3) is 0 Å². The molecule has 2 aromatic rings. The van der Waals surface area contributed by atoms with Crippen LogP contribution in [0.5, 0.6) is 0 Å². The van der Waals surface area contributed by atoms with E-state index < -0.39 is 5.92 Å². The van der Waals surface area contributed by atoms with E-state index in [1.54, 1.807) is 0 Å². The molecule has 0 spiro atoms. The van der Waals surface area contributed by atoms with Crippen LogP contribution in [0.4, 0.5) is 0 Å². The molecule has 7 N–H and O–H groups in total. The maximum atomic E-state index is 9.44. The van der Waals surface area contributed by atoms with Crippen molar-refractivity contribution in [3.05, 3.63) is 30.1 Å². The number of para-hydroxylation sites is 2. The number of hydrogen-bond acceptors (Lipinski definition) is 5. The second-order valence-corrected chi connectivity index (χ2v) is 4.52. The molecule has 0 fully saturated rings. The molecule has 1 atom stereocenters. The number of aliphatic hydroxyl groups excluding tert-OH is 2. The van der Waals surface area contributed by atoms with Crippen LogP contribution in [0.15, 0.2) is 24.3 Å². The summed E-state index contributed by atoms with van der Waals surface area (Å²) in [5.74, 6) is -0.0648. The molecule has 0 amide bonds. The first kappa shape index (κ1) is 19.4. The molecular weight excluding hydrogens is 308 g/mol. The van der Waals surface area contributed by atoms with Crippen molar-refractivity contribution in [1.82, 2.24) is 9.97 Å². The number of H-pyrrole nitrogens is 1. The second kappa shape index (κ2) is 10.2. The number of nitrogens with one attached hydrogen (secondary N) is 1. The SMILES string of the molecule is CN.CN.OC(=S)CC(C(O)=S)c1nc2ccccc2[nH]1. The van der Waals surface area contributed by atoms with Crippen molar-refractivity contribution in [1.29, 1.82) is 0 Å². The highest BCUT2D eigenvalue weighted by molar-refractivity contribution is 7.80. The summed E-state index contributed by atoms with van der Waals surface area (Å²) in [5, 5.41) is 18.1. The fourth-order valence-electron chi connectivity index (χ4n) is 1.61. The van der Waals surface area contributed by atoms with Gasteiger partial charge in [-0.25, -0.2) is 4.98 Å². The maximum absolute atomic E-state index is 9.44. The molecule has 1 aromatic heterocycles. The van der Waals surface area contributed by atoms with Gasteiger partial charge < -0.3 is 26.7 Å². The van der Waals surface area contributed by atoms with Crippen LogP contribution in [0.3, 0.4) is 0 Å². The van der Waals surface area contributed by atoms with Gasteiger partial charge in [-0.15, -0.1) is 0 Å². The molecule has 6 nitrogen and oxygen atoms in total. The second-order valence-electron chi connectivity index (χ2n) is 3.63. The van der Waals surface area contributed by atoms with Crippen molar-refractivity contribution in [3.63, 3.8) is 0 Å². The Hall–Kier alpha value is -1.61. The number of hydrogen-bond donors (Lipinski definition) is 5. The summed E-state index contributed by atoms with van der Waals surface area (Å²) in [6, 6.07) is 7.48. The monoisotopic (exact) mass is 328 g/mol. The predicted molar refractivity (Wildman–Crippen MR) is 94.1 cm³/mol. The van der Waals surface area contributed by atoms with Gasteiger partial charge in [-0.2, -0.15) is 0 Å². The van der Waals surface area contributed by atoms with Crippen LogP contribution < -0.4 is 11.5 Å². The lowest BCUT2D eigenvalue weighted by molar-refractivity contribution is 0.507. The summed E-state index contributed by atoms with van der Waals surface area (Å²) in [6.45, 7) is 0. The van der Waals surface area contributed by atoms with Crippen molar-refractivity contribution in [2.24, 2.45) is 11.5 Å². The van der Waals surface area contributed by atoms with Gasteiger partial charge in [0.1, 0.15) is 5.82 Å². The van der Waals surface area contributed by atoms with Crippen LogP contribution in [0.1, 0.15) is 18.2 Å². The Morgan fingerprint density at radius 3 is 2.24 bits per heavy atom. The first-order chi connectivity index (χ1) is 10.1. The van der Waals surface area contributed by atoms with Gasteiger partial charge in [-0.3, -0.25) is 0 Å². The molecule has 116 valence electrons. The number of benzene rings is 1. The van der Waals surface area contributed by atoms with Gasteiger partial charge in [0.05, 0.1) is 17.0 Å². The largest absolute Gasteiger partial charge is 0.502 e. The summed E-state index contributed by atoms with van der Waals surface area (Å²) in [5.41, 5.74) is 10.6. The van der Waals surface area contributed by atoms with Gasteiger partial charge in [-0.1, -0.05) is 12.1 Å². The Morgan fingerprint density at radius 1 is 1.19 bits per heavy atom. The molecule has 1 aromatic carbocycles. The van der Waals surface area contributed by atoms with E-state index in [-0.39, 0.29) is 16.5 Å². The van der Waals surface area contributed by atoms with Gasteiger partial charge in [0.15, 0.2) is 10.1 Å². The molecule has 8 heteroatoms. The molecule has 0 aliphatic rings. The smallest absolute Gasteiger partial charge is 0.167 e. The predicted octanol–water partition coefficient (Wildman–Crippen LogP) is 1.96. The zero-order chi connectivity index (χ0) is 16.4. The van der Waals surface area contributed by atoms with Crippen molar-refractivity contribution >= 4 is 45.6 Å². The minimum Gasteiger partial charge on any atom is -0.502 e. The number of thiocarbonyl (C=S) groups is 2. The number of aliphatic hydroxyl groups is 2. The molecule has 0 aliphatic heterocycles. The standard InChI is InChI=1S/C11H10N2O2S2.2CH5N/c14-9(16)5-6(11(15)17)10-12-7-3-1-2-4-8(7)13-10;2*1-2/h1-4,6H,5H2,(H,12,13)(H,14,16)(H,15,17);2*2H2,1H3. The summed E-state index contributed by atoms with van der Waals surface area (Å²) in [4.78, 5) is 7.37. The Balaban J connectivity index is 0.000000921. The molecular formula is C13H20N4O2S2. The molecule has 1 heterocycles. The number of aromatic amines is 1. The third kappa shape index (κ3) is 5.72. The molecule has 2 rings (SSSR count). The molecule has 21 heavy (non-hydrogen) atoms. The minimum atomic E-state index is -0.574. The fraction of sp³-hybridized carbons (Fsp3) is 0.308. The molecule has 0 bridgehead atoms. The van der Waals surface area contributed by atoms with Gasteiger partial charge in [-0.05, 0) is 50.7 Å². The van der Waals surface area contributed by atoms with E-state index in [9.17, 15) is 5.11 Å². The van der Waals surface area contributed by atoms with Crippen molar-refractivity contribution in [3.8, 4) is 0 Å². The molecule has 0 aliphatic carbocycles. The van der Waals surface area contributed by atoms with Crippen LogP contribution in [0.25, 0.3) is 11.0 Å². The van der Waals surface area contributed by atoms with E-state index in [4.69, 9.17) is 17.3 Å². The van der Waals surface area contributed by atoms with Crippen LogP contribution in [0, 0.1) is 0 Å². The third-order valence-corrected chi connectivity index (χ3v) is 2.87. The highest BCUT2D eigenvalue weighted by Gasteiger charge is 2.21. The van der Waals surface area contributed by atoms with E-state index in [1.165, 1.54) is 14.1 Å². The van der Waals surface area contributed by atoms with Crippen LogP contribution in [-0.2, 0) is 0 Å². The summed E-state index contributed by atoms with van der Waals surface area (Å²) >= 11 is 9.36. The Kier molecular flexibility index (Phi) is 9.39. The van der Waals surface area contributed by atoms with E-state index in [0.717, 1.165) is 11.0 Å². The zero-order valence-corrected chi connectivity index (χ0v) is 13.5. The number of fused-ring (bicyclic) bond motifs is 1. The molecule has 0 radical (unpaired) electrons. The quantitative estimate of drug-likeness (QED) is 0.544. The first-order valence-electron chi connectivity index (χ1n) is 6.12. The van der Waals surface area contributed by atoms with Crippen molar-refractivity contribution in [2.75, 3.05) is 14.1 Å². The number of nitrogens with zero attached hydrogens (tertiary/aromatic N) is 1. The maximum Gasteiger partial charge on any atom is 0.167 e. The first-order valence-corrected chi connectivity index (χ1v) is 6.94. The topological polar surface area (TPSA) is 121 Å². The number of nitrogens with two attached hydrogens (primary N) is 2. The van der Waals surface area contributed by atoms with E-state index in [1.807, 2.05) is 24.3 Å². The van der Waals surface area contributed by atoms with E-state index in [2.05, 4.69) is 33.7 Å². The molecule has 0 saturated heterocycles. The third-order valence-electron chi connectivity index (χ3n) is 2.41. The summed E-state index contributed by atoms with van der Waals surface area (Å²) in [7, 11) is 3.00. The highest BCUT2D eigenvalue weighted by Crippen LogP contribution is 2.21. The Bertz CT molecular complexity index is 553. The Labute approximate surface area is 134 Å². The van der Waals surface area contributed by atoms with Crippen molar-refractivity contribution < 1.29 is 10.2 Å². The summed E-state index contributed by atoms with van der Waals surface area (Å²) in [6.07, 6.45) is 0.0878. The fourth-order valence-corrected chi connectivity index (χ4v) is 1.97. The molecule has 1 unspecified atom stereocenters. The normalized spacial score (nSPS) is 10.7. The lowest BCUT2D eigenvalue weighted by atomic mass is 10.1. The van der Waals surface area contributed by atoms with E-state index >= 15 is 0 Å². The average molecular weight is 328 g/mol. The lowest BCUT2D eigenvalue weighted by Gasteiger charge is -2.09. The Morgan fingerprint density at radius 2 is 1.76 bits per heavy atom. The number of rotatable bonds is 4. The lowest BCUT2D eigenvalue weighted by Crippen LogP contribution is -2.14. The van der Waals surface area contributed by atoms with Crippen LogP contribution >= 0.6 is 24.4 Å². The van der Waals surface area contributed by atoms with Crippen molar-refractivity contribution in [2.45, 2.75) is 12.3 Å². The van der Waals surface area contributed by atoms with Crippen LogP contribution in [-0.4, -0.2) is 44.4 Å². The minimum absolute atomic E-state index is 0.0878. The van der Waals surface area contributed by atoms with Crippen LogP contribution in [0.2, 0.25) is 0 Å². The zero-order valence-electron chi connectivity index (χ0n) is 11.9. The van der Waals surface area contributed by atoms with Gasteiger partial charge in [0, 0.05) is 6.42 Å². The van der Waals surface area contributed by atoms with E-state index in [0.29, 0.717) is 5.82 Å². The summed E-state index contributed by atoms with van der Waals surface area (Å²) < 4.78 is 0. The van der Waals surface area contributed by atoms with Gasteiger partial charge in [0.2, 0.25) is 0 Å². The number of aromatic nitrogens is 2. The average Bonchev–Trinajstić information content (AvgIpc) is 2.92.